The molecule has 1 atom stereocenters. The Morgan fingerprint density at radius 3 is 2.14 bits per heavy atom. The van der Waals surface area contributed by atoms with Crippen molar-refractivity contribution in [1.82, 2.24) is 0 Å². The normalized spacial score (nSPS) is 11.8. The van der Waals surface area contributed by atoms with Gasteiger partial charge in [-0.3, -0.25) is 4.79 Å². The largest absolute Gasteiger partial charge is 0.460 e. The quantitative estimate of drug-likeness (QED) is 0.215. The van der Waals surface area contributed by atoms with Crippen LogP contribution in [0.1, 0.15) is 37.3 Å². The lowest BCUT2D eigenvalue weighted by atomic mass is 9.97. The molecule has 2 rings (SSSR count). The standard InChI is InChI=1S/C26H27NO2/c1-3-11-24(12-4-2)26(28)29-20-21(19-27)17-18-25(22-13-7-5-8-14-22)23-15-9-6-10-16-23/h3,5-10,13-18,24H,1,4,11-12,20H2,2H3/b21-17+. The molecule has 3 heteroatoms. The number of carbonyl (C=O) groups excluding carboxylic acids is 1. The second-order valence-electron chi connectivity index (χ2n) is 6.73. The molecule has 0 N–H and O–H groups in total. The molecule has 1 unspecified atom stereocenters. The van der Waals surface area contributed by atoms with Crippen molar-refractivity contribution in [3.05, 3.63) is 102 Å². The van der Waals surface area contributed by atoms with Crippen molar-refractivity contribution in [3.8, 4) is 6.07 Å². The first-order chi connectivity index (χ1) is 14.2. The van der Waals surface area contributed by atoms with E-state index in [0.29, 0.717) is 12.0 Å². The second-order valence-corrected chi connectivity index (χ2v) is 6.73. The van der Waals surface area contributed by atoms with Crippen LogP contribution in [0.3, 0.4) is 0 Å². The summed E-state index contributed by atoms with van der Waals surface area (Å²) in [5, 5.41) is 9.48. The molecule has 0 amide bonds. The number of benzene rings is 2. The van der Waals surface area contributed by atoms with Gasteiger partial charge in [0.05, 0.1) is 17.6 Å². The molecule has 0 aromatic heterocycles. The van der Waals surface area contributed by atoms with E-state index in [2.05, 4.69) is 12.6 Å². The van der Waals surface area contributed by atoms with Gasteiger partial charge in [-0.2, -0.15) is 5.26 Å². The summed E-state index contributed by atoms with van der Waals surface area (Å²) in [6, 6.07) is 22.1. The van der Waals surface area contributed by atoms with Crippen molar-refractivity contribution in [2.75, 3.05) is 6.61 Å². The Labute approximate surface area is 173 Å². The van der Waals surface area contributed by atoms with Crippen LogP contribution in [0.25, 0.3) is 5.57 Å². The Morgan fingerprint density at radius 1 is 1.07 bits per heavy atom. The first-order valence-corrected chi connectivity index (χ1v) is 9.88. The number of allylic oxidation sites excluding steroid dienone is 3. The fraction of sp³-hybridized carbons (Fsp3) is 0.231. The van der Waals surface area contributed by atoms with Gasteiger partial charge in [0.15, 0.2) is 0 Å². The minimum absolute atomic E-state index is 0.0277. The highest BCUT2D eigenvalue weighted by Crippen LogP contribution is 2.23. The average molecular weight is 386 g/mol. The molecule has 0 aliphatic rings. The van der Waals surface area contributed by atoms with Crippen LogP contribution >= 0.6 is 0 Å². The summed E-state index contributed by atoms with van der Waals surface area (Å²) in [5.41, 5.74) is 3.51. The third kappa shape index (κ3) is 6.93. The molecule has 0 fully saturated rings. The highest BCUT2D eigenvalue weighted by molar-refractivity contribution is 5.81. The summed E-state index contributed by atoms with van der Waals surface area (Å²) in [5.74, 6) is -0.472. The van der Waals surface area contributed by atoms with Crippen molar-refractivity contribution < 1.29 is 9.53 Å². The van der Waals surface area contributed by atoms with E-state index < -0.39 is 0 Å². The number of esters is 1. The maximum absolute atomic E-state index is 12.3. The molecule has 0 bridgehead atoms. The highest BCUT2D eigenvalue weighted by Gasteiger charge is 2.18. The molecule has 0 spiro atoms. The van der Waals surface area contributed by atoms with Crippen LogP contribution in [0.2, 0.25) is 0 Å². The third-order valence-corrected chi connectivity index (χ3v) is 4.56. The zero-order valence-electron chi connectivity index (χ0n) is 16.9. The van der Waals surface area contributed by atoms with Gasteiger partial charge < -0.3 is 4.74 Å². The SMILES string of the molecule is C=CCC(CCC)C(=O)OC/C(C#N)=C/C=C(c1ccccc1)c1ccccc1. The van der Waals surface area contributed by atoms with Crippen LogP contribution < -0.4 is 0 Å². The van der Waals surface area contributed by atoms with Crippen LogP contribution in [0, 0.1) is 17.2 Å². The summed E-state index contributed by atoms with van der Waals surface area (Å²) in [6.45, 7) is 5.71. The molecule has 3 nitrogen and oxygen atoms in total. The zero-order chi connectivity index (χ0) is 20.9. The van der Waals surface area contributed by atoms with Gasteiger partial charge in [-0.05, 0) is 35.6 Å². The number of nitrogens with zero attached hydrogens (tertiary/aromatic N) is 1. The predicted octanol–water partition coefficient (Wildman–Crippen LogP) is 6.10. The monoisotopic (exact) mass is 385 g/mol. The second kappa shape index (κ2) is 12.2. The van der Waals surface area contributed by atoms with E-state index in [-0.39, 0.29) is 18.5 Å². The van der Waals surface area contributed by atoms with Gasteiger partial charge in [0.2, 0.25) is 0 Å². The molecule has 2 aromatic carbocycles. The van der Waals surface area contributed by atoms with Gasteiger partial charge in [0.25, 0.3) is 0 Å². The van der Waals surface area contributed by atoms with E-state index in [4.69, 9.17) is 4.74 Å². The van der Waals surface area contributed by atoms with Crippen molar-refractivity contribution in [2.45, 2.75) is 26.2 Å². The Kier molecular flexibility index (Phi) is 9.18. The zero-order valence-corrected chi connectivity index (χ0v) is 16.9. The molecular weight excluding hydrogens is 358 g/mol. The number of carbonyl (C=O) groups is 1. The maximum Gasteiger partial charge on any atom is 0.309 e. The molecule has 0 aliphatic carbocycles. The third-order valence-electron chi connectivity index (χ3n) is 4.56. The summed E-state index contributed by atoms with van der Waals surface area (Å²) >= 11 is 0. The van der Waals surface area contributed by atoms with Crippen LogP contribution in [0.4, 0.5) is 0 Å². The number of rotatable bonds is 10. The lowest BCUT2D eigenvalue weighted by Crippen LogP contribution is -2.18. The van der Waals surface area contributed by atoms with Gasteiger partial charge in [0, 0.05) is 0 Å². The predicted molar refractivity (Wildman–Crippen MR) is 118 cm³/mol. The molecule has 2 aromatic rings. The molecule has 0 aliphatic heterocycles. The fourth-order valence-electron chi connectivity index (χ4n) is 3.04. The fourth-order valence-corrected chi connectivity index (χ4v) is 3.04. The maximum atomic E-state index is 12.3. The van der Waals surface area contributed by atoms with Crippen molar-refractivity contribution in [3.63, 3.8) is 0 Å². The van der Waals surface area contributed by atoms with E-state index in [1.165, 1.54) is 0 Å². The molecule has 29 heavy (non-hydrogen) atoms. The lowest BCUT2D eigenvalue weighted by Gasteiger charge is -2.13. The molecule has 148 valence electrons. The van der Waals surface area contributed by atoms with E-state index in [1.54, 1.807) is 12.2 Å². The number of nitriles is 1. The molecule has 0 radical (unpaired) electrons. The molecule has 0 heterocycles. The van der Waals surface area contributed by atoms with Crippen LogP contribution in [0.5, 0.6) is 0 Å². The number of ether oxygens (including phenoxy) is 1. The lowest BCUT2D eigenvalue weighted by molar-refractivity contribution is -0.147. The highest BCUT2D eigenvalue weighted by atomic mass is 16.5. The van der Waals surface area contributed by atoms with Gasteiger partial charge in [-0.1, -0.05) is 86.2 Å². The molecular formula is C26H27NO2. The summed E-state index contributed by atoms with van der Waals surface area (Å²) in [7, 11) is 0. The minimum Gasteiger partial charge on any atom is -0.460 e. The minimum atomic E-state index is -0.275. The van der Waals surface area contributed by atoms with Crippen LogP contribution in [-0.4, -0.2) is 12.6 Å². The van der Waals surface area contributed by atoms with Crippen molar-refractivity contribution >= 4 is 11.5 Å². The number of hydrogen-bond acceptors (Lipinski definition) is 3. The van der Waals surface area contributed by atoms with E-state index in [0.717, 1.165) is 29.5 Å². The average Bonchev–Trinajstić information content (AvgIpc) is 2.77. The Hall–Kier alpha value is -3.38. The Balaban J connectivity index is 2.20. The van der Waals surface area contributed by atoms with E-state index in [1.807, 2.05) is 73.7 Å². The smallest absolute Gasteiger partial charge is 0.309 e. The van der Waals surface area contributed by atoms with Gasteiger partial charge in [0.1, 0.15) is 6.61 Å². The Bertz CT molecular complexity index is 848. The van der Waals surface area contributed by atoms with E-state index >= 15 is 0 Å². The first-order valence-electron chi connectivity index (χ1n) is 9.88. The summed E-state index contributed by atoms with van der Waals surface area (Å²) in [6.07, 6.45) is 7.61. The van der Waals surface area contributed by atoms with Crippen molar-refractivity contribution in [2.24, 2.45) is 5.92 Å². The van der Waals surface area contributed by atoms with Gasteiger partial charge >= 0.3 is 5.97 Å². The number of hydrogen-bond donors (Lipinski definition) is 0. The van der Waals surface area contributed by atoms with Crippen molar-refractivity contribution in [1.29, 1.82) is 5.26 Å². The van der Waals surface area contributed by atoms with Crippen LogP contribution in [0.15, 0.2) is 91.0 Å². The molecule has 0 saturated heterocycles. The topological polar surface area (TPSA) is 50.1 Å². The Morgan fingerprint density at radius 2 is 1.66 bits per heavy atom. The van der Waals surface area contributed by atoms with Gasteiger partial charge in [-0.25, -0.2) is 0 Å². The summed E-state index contributed by atoms with van der Waals surface area (Å²) in [4.78, 5) is 12.3. The van der Waals surface area contributed by atoms with Gasteiger partial charge in [-0.15, -0.1) is 6.58 Å². The first kappa shape index (κ1) is 21.9. The van der Waals surface area contributed by atoms with Crippen LogP contribution in [-0.2, 0) is 9.53 Å². The molecule has 0 saturated carbocycles. The van der Waals surface area contributed by atoms with E-state index in [9.17, 15) is 10.1 Å². The summed E-state index contributed by atoms with van der Waals surface area (Å²) < 4.78 is 5.40.